The van der Waals surface area contributed by atoms with Gasteiger partial charge in [-0.2, -0.15) is 0 Å². The van der Waals surface area contributed by atoms with Crippen LogP contribution in [0.2, 0.25) is 0 Å². The van der Waals surface area contributed by atoms with Crippen molar-refractivity contribution in [3.05, 3.63) is 0 Å². The number of ether oxygens (including phenoxy) is 1. The monoisotopic (exact) mass is 200 g/mol. The summed E-state index contributed by atoms with van der Waals surface area (Å²) < 4.78 is 5.16. The van der Waals surface area contributed by atoms with Crippen molar-refractivity contribution >= 4 is 6.47 Å². The van der Waals surface area contributed by atoms with E-state index in [-0.39, 0.29) is 6.10 Å². The highest BCUT2D eigenvalue weighted by Crippen LogP contribution is 2.23. The molecule has 0 spiro atoms. The molecule has 0 bridgehead atoms. The summed E-state index contributed by atoms with van der Waals surface area (Å²) >= 11 is 0. The first-order chi connectivity index (χ1) is 6.52. The third-order valence-electron chi connectivity index (χ3n) is 3.20. The van der Waals surface area contributed by atoms with Crippen LogP contribution in [0.5, 0.6) is 0 Å². The van der Waals surface area contributed by atoms with Gasteiger partial charge in [0, 0.05) is 0 Å². The van der Waals surface area contributed by atoms with Crippen molar-refractivity contribution in [2.24, 2.45) is 17.8 Å². The van der Waals surface area contributed by atoms with E-state index >= 15 is 0 Å². The van der Waals surface area contributed by atoms with Crippen LogP contribution in [-0.2, 0) is 9.53 Å². The maximum Gasteiger partial charge on any atom is 0.293 e. The topological polar surface area (TPSA) is 26.3 Å². The molecule has 0 saturated heterocycles. The maximum absolute atomic E-state index is 10.4. The summed E-state index contributed by atoms with van der Waals surface area (Å²) in [5.41, 5.74) is 0. The minimum Gasteiger partial charge on any atom is -0.464 e. The van der Waals surface area contributed by atoms with Crippen LogP contribution in [0.25, 0.3) is 0 Å². The summed E-state index contributed by atoms with van der Waals surface area (Å²) in [6.07, 6.45) is 2.21. The van der Waals surface area contributed by atoms with Crippen LogP contribution >= 0.6 is 0 Å². The third kappa shape index (κ3) is 4.64. The Morgan fingerprint density at radius 3 is 2.14 bits per heavy atom. The molecule has 0 fully saturated rings. The highest BCUT2D eigenvalue weighted by molar-refractivity contribution is 5.37. The smallest absolute Gasteiger partial charge is 0.293 e. The Hall–Kier alpha value is -0.530. The molecule has 14 heavy (non-hydrogen) atoms. The second kappa shape index (κ2) is 6.86. The third-order valence-corrected chi connectivity index (χ3v) is 3.20. The minimum absolute atomic E-state index is 0.0856. The quantitative estimate of drug-likeness (QED) is 0.590. The Morgan fingerprint density at radius 1 is 1.21 bits per heavy atom. The van der Waals surface area contributed by atoms with Gasteiger partial charge in [0.15, 0.2) is 0 Å². The molecule has 0 aromatic heterocycles. The molecule has 0 radical (unpaired) electrons. The number of rotatable bonds is 7. The highest BCUT2D eigenvalue weighted by Gasteiger charge is 2.22. The first-order valence-corrected chi connectivity index (χ1v) is 5.62. The largest absolute Gasteiger partial charge is 0.464 e. The Kier molecular flexibility index (Phi) is 6.60. The fourth-order valence-corrected chi connectivity index (χ4v) is 1.46. The van der Waals surface area contributed by atoms with Gasteiger partial charge in [-0.15, -0.1) is 0 Å². The van der Waals surface area contributed by atoms with E-state index in [0.717, 1.165) is 12.8 Å². The molecule has 0 amide bonds. The fourth-order valence-electron chi connectivity index (χ4n) is 1.46. The van der Waals surface area contributed by atoms with Crippen molar-refractivity contribution in [2.75, 3.05) is 0 Å². The molecular formula is C12H24O2. The van der Waals surface area contributed by atoms with E-state index in [1.807, 2.05) is 0 Å². The van der Waals surface area contributed by atoms with Crippen molar-refractivity contribution in [3.63, 3.8) is 0 Å². The second-order valence-corrected chi connectivity index (χ2v) is 4.62. The molecule has 0 rings (SSSR count). The lowest BCUT2D eigenvalue weighted by molar-refractivity contribution is -0.137. The molecule has 0 aliphatic heterocycles. The number of carbonyl (C=O) groups is 1. The fraction of sp³-hybridized carbons (Fsp3) is 0.917. The Labute approximate surface area is 88.0 Å². The van der Waals surface area contributed by atoms with E-state index in [2.05, 4.69) is 34.6 Å². The average molecular weight is 200 g/mol. The first-order valence-electron chi connectivity index (χ1n) is 5.62. The van der Waals surface area contributed by atoms with E-state index in [4.69, 9.17) is 4.74 Å². The number of hydrogen-bond donors (Lipinski definition) is 0. The highest BCUT2D eigenvalue weighted by atomic mass is 16.5. The molecule has 0 saturated carbocycles. The molecule has 84 valence electrons. The molecule has 0 heterocycles. The lowest BCUT2D eigenvalue weighted by Gasteiger charge is -2.27. The zero-order valence-corrected chi connectivity index (χ0v) is 10.1. The molecule has 3 atom stereocenters. The SMILES string of the molecule is CC[C@@H](C)CC(OC=O)C(C)C(C)C. The lowest BCUT2D eigenvalue weighted by Crippen LogP contribution is -2.27. The summed E-state index contributed by atoms with van der Waals surface area (Å²) in [7, 11) is 0. The standard InChI is InChI=1S/C12H24O2/c1-6-10(4)7-12(14-8-13)11(5)9(2)3/h8-12H,6-7H2,1-5H3/t10-,11?,12?/m1/s1. The normalized spacial score (nSPS) is 17.6. The van der Waals surface area contributed by atoms with Gasteiger partial charge in [0.1, 0.15) is 6.10 Å². The summed E-state index contributed by atoms with van der Waals surface area (Å²) in [5, 5.41) is 0. The van der Waals surface area contributed by atoms with Crippen molar-refractivity contribution in [1.29, 1.82) is 0 Å². The van der Waals surface area contributed by atoms with E-state index in [1.54, 1.807) is 0 Å². The minimum atomic E-state index is 0.0856. The van der Waals surface area contributed by atoms with Crippen LogP contribution in [0.1, 0.15) is 47.5 Å². The van der Waals surface area contributed by atoms with Crippen molar-refractivity contribution in [1.82, 2.24) is 0 Å². The second-order valence-electron chi connectivity index (χ2n) is 4.62. The van der Waals surface area contributed by atoms with Gasteiger partial charge in [0.05, 0.1) is 0 Å². The molecule has 0 aliphatic carbocycles. The van der Waals surface area contributed by atoms with Crippen molar-refractivity contribution < 1.29 is 9.53 Å². The van der Waals surface area contributed by atoms with Gasteiger partial charge in [0.2, 0.25) is 0 Å². The van der Waals surface area contributed by atoms with Gasteiger partial charge >= 0.3 is 0 Å². The molecule has 0 aromatic carbocycles. The molecule has 0 aromatic rings. The van der Waals surface area contributed by atoms with E-state index in [0.29, 0.717) is 24.2 Å². The number of hydrogen-bond acceptors (Lipinski definition) is 2. The van der Waals surface area contributed by atoms with Crippen molar-refractivity contribution in [2.45, 2.75) is 53.6 Å². The van der Waals surface area contributed by atoms with Gasteiger partial charge in [-0.05, 0) is 24.2 Å². The molecule has 2 heteroatoms. The maximum atomic E-state index is 10.4. The van der Waals surface area contributed by atoms with Crippen molar-refractivity contribution in [3.8, 4) is 0 Å². The van der Waals surface area contributed by atoms with E-state index in [1.165, 1.54) is 0 Å². The molecule has 2 nitrogen and oxygen atoms in total. The summed E-state index contributed by atoms with van der Waals surface area (Å²) in [4.78, 5) is 10.4. The Bertz CT molecular complexity index is 154. The summed E-state index contributed by atoms with van der Waals surface area (Å²) in [6.45, 7) is 11.5. The first kappa shape index (κ1) is 13.5. The summed E-state index contributed by atoms with van der Waals surface area (Å²) in [6, 6.07) is 0. The average Bonchev–Trinajstić information content (AvgIpc) is 2.15. The molecule has 0 N–H and O–H groups in total. The van der Waals surface area contributed by atoms with Gasteiger partial charge in [-0.25, -0.2) is 0 Å². The van der Waals surface area contributed by atoms with Crippen LogP contribution in [0.15, 0.2) is 0 Å². The van der Waals surface area contributed by atoms with Crippen LogP contribution in [0.3, 0.4) is 0 Å². The predicted octanol–water partition coefficient (Wildman–Crippen LogP) is 3.26. The van der Waals surface area contributed by atoms with Crippen LogP contribution in [0, 0.1) is 17.8 Å². The lowest BCUT2D eigenvalue weighted by atomic mass is 9.86. The van der Waals surface area contributed by atoms with Crippen LogP contribution in [0.4, 0.5) is 0 Å². The molecule has 0 aliphatic rings. The van der Waals surface area contributed by atoms with Gasteiger partial charge in [-0.1, -0.05) is 41.0 Å². The summed E-state index contributed by atoms with van der Waals surface area (Å²) in [5.74, 6) is 1.62. The number of carbonyl (C=O) groups excluding carboxylic acids is 1. The van der Waals surface area contributed by atoms with Gasteiger partial charge in [0.25, 0.3) is 6.47 Å². The zero-order valence-electron chi connectivity index (χ0n) is 10.1. The van der Waals surface area contributed by atoms with E-state index in [9.17, 15) is 4.79 Å². The van der Waals surface area contributed by atoms with Gasteiger partial charge in [-0.3, -0.25) is 4.79 Å². The molecule has 2 unspecified atom stereocenters. The van der Waals surface area contributed by atoms with Crippen LogP contribution < -0.4 is 0 Å². The van der Waals surface area contributed by atoms with E-state index < -0.39 is 0 Å². The predicted molar refractivity (Wildman–Crippen MR) is 59.0 cm³/mol. The van der Waals surface area contributed by atoms with Gasteiger partial charge < -0.3 is 4.74 Å². The molecular weight excluding hydrogens is 176 g/mol. The Balaban J connectivity index is 4.19. The zero-order chi connectivity index (χ0) is 11.1. The van der Waals surface area contributed by atoms with Crippen LogP contribution in [-0.4, -0.2) is 12.6 Å². The Morgan fingerprint density at radius 2 is 1.79 bits per heavy atom.